The molecule has 0 bridgehead atoms. The Balaban J connectivity index is 1.75. The lowest BCUT2D eigenvalue weighted by Gasteiger charge is -2.14. The standard InChI is InChI=1S/C22H21BrN2O4S/c1-16-8-6-7-9-18(16)15-29-22-20(23)12-17(13-21(22)28-2)14-24-25-30(26,27)19-10-4-3-5-11-19/h3-14,25H,15H2,1-2H3. The Morgan fingerprint density at radius 3 is 2.47 bits per heavy atom. The summed E-state index contributed by atoms with van der Waals surface area (Å²) in [7, 11) is -2.18. The molecule has 30 heavy (non-hydrogen) atoms. The number of nitrogens with zero attached hydrogens (tertiary/aromatic N) is 1. The summed E-state index contributed by atoms with van der Waals surface area (Å²) < 4.78 is 36.6. The number of ether oxygens (including phenoxy) is 2. The number of hydrogen-bond donors (Lipinski definition) is 1. The summed E-state index contributed by atoms with van der Waals surface area (Å²) in [5.74, 6) is 1.06. The Morgan fingerprint density at radius 2 is 1.77 bits per heavy atom. The fourth-order valence-electron chi connectivity index (χ4n) is 2.70. The van der Waals surface area contributed by atoms with Crippen LogP contribution in [0.15, 0.2) is 81.2 Å². The lowest BCUT2D eigenvalue weighted by atomic mass is 10.1. The molecule has 0 amide bonds. The first-order chi connectivity index (χ1) is 14.4. The number of halogens is 1. The third-order valence-electron chi connectivity index (χ3n) is 4.33. The first-order valence-corrected chi connectivity index (χ1v) is 11.3. The summed E-state index contributed by atoms with van der Waals surface area (Å²) in [5, 5.41) is 3.86. The predicted molar refractivity (Wildman–Crippen MR) is 121 cm³/mol. The van der Waals surface area contributed by atoms with Gasteiger partial charge in [-0.25, -0.2) is 4.83 Å². The molecule has 0 unspecified atom stereocenters. The summed E-state index contributed by atoms with van der Waals surface area (Å²) in [6, 6.07) is 19.5. The molecule has 1 N–H and O–H groups in total. The van der Waals surface area contributed by atoms with E-state index in [0.717, 1.165) is 11.1 Å². The molecule has 0 aromatic heterocycles. The fraction of sp³-hybridized carbons (Fsp3) is 0.136. The van der Waals surface area contributed by atoms with E-state index in [4.69, 9.17) is 9.47 Å². The highest BCUT2D eigenvalue weighted by Crippen LogP contribution is 2.37. The summed E-state index contributed by atoms with van der Waals surface area (Å²) in [6.07, 6.45) is 1.40. The van der Waals surface area contributed by atoms with E-state index >= 15 is 0 Å². The van der Waals surface area contributed by atoms with Gasteiger partial charge in [-0.3, -0.25) is 0 Å². The van der Waals surface area contributed by atoms with Crippen LogP contribution in [0.5, 0.6) is 11.5 Å². The molecular formula is C22H21BrN2O4S. The van der Waals surface area contributed by atoms with Gasteiger partial charge < -0.3 is 9.47 Å². The zero-order valence-electron chi connectivity index (χ0n) is 16.5. The average molecular weight is 489 g/mol. The van der Waals surface area contributed by atoms with E-state index in [2.05, 4.69) is 25.9 Å². The van der Waals surface area contributed by atoms with Crippen molar-refractivity contribution in [3.05, 3.63) is 87.9 Å². The average Bonchev–Trinajstić information content (AvgIpc) is 2.74. The van der Waals surface area contributed by atoms with Crippen LogP contribution in [0, 0.1) is 6.92 Å². The Hall–Kier alpha value is -2.84. The molecule has 0 aliphatic heterocycles. The molecule has 156 valence electrons. The van der Waals surface area contributed by atoms with Crippen molar-refractivity contribution in [2.75, 3.05) is 7.11 Å². The van der Waals surface area contributed by atoms with Gasteiger partial charge in [0, 0.05) is 0 Å². The second-order valence-corrected chi connectivity index (χ2v) is 8.93. The molecular weight excluding hydrogens is 468 g/mol. The minimum absolute atomic E-state index is 0.140. The zero-order chi connectivity index (χ0) is 21.6. The Kier molecular flexibility index (Phi) is 7.12. The molecule has 3 aromatic rings. The van der Waals surface area contributed by atoms with E-state index < -0.39 is 10.0 Å². The number of hydrogen-bond acceptors (Lipinski definition) is 5. The highest BCUT2D eigenvalue weighted by atomic mass is 79.9. The number of aryl methyl sites for hydroxylation is 1. The maximum Gasteiger partial charge on any atom is 0.276 e. The van der Waals surface area contributed by atoms with Gasteiger partial charge in [-0.1, -0.05) is 42.5 Å². The van der Waals surface area contributed by atoms with Gasteiger partial charge in [-0.2, -0.15) is 13.5 Å². The van der Waals surface area contributed by atoms with Gasteiger partial charge in [0.05, 0.1) is 22.7 Å². The van der Waals surface area contributed by atoms with Gasteiger partial charge in [0.15, 0.2) is 11.5 Å². The van der Waals surface area contributed by atoms with Crippen molar-refractivity contribution < 1.29 is 17.9 Å². The topological polar surface area (TPSA) is 77.0 Å². The molecule has 0 saturated heterocycles. The zero-order valence-corrected chi connectivity index (χ0v) is 18.9. The molecule has 0 radical (unpaired) electrons. The number of sulfonamides is 1. The number of nitrogens with one attached hydrogen (secondary N) is 1. The van der Waals surface area contributed by atoms with Crippen LogP contribution in [0.3, 0.4) is 0 Å². The van der Waals surface area contributed by atoms with Gasteiger partial charge in [0.2, 0.25) is 0 Å². The molecule has 0 heterocycles. The molecule has 0 saturated carbocycles. The predicted octanol–water partition coefficient (Wildman–Crippen LogP) is 4.66. The van der Waals surface area contributed by atoms with Gasteiger partial charge in [-0.05, 0) is 63.8 Å². The normalized spacial score (nSPS) is 11.4. The molecule has 0 aliphatic rings. The van der Waals surface area contributed by atoms with E-state index in [1.807, 2.05) is 31.2 Å². The van der Waals surface area contributed by atoms with Crippen molar-refractivity contribution in [2.24, 2.45) is 5.10 Å². The third kappa shape index (κ3) is 5.40. The number of benzene rings is 3. The summed E-state index contributed by atoms with van der Waals surface area (Å²) in [5.41, 5.74) is 2.85. The molecule has 8 heteroatoms. The minimum Gasteiger partial charge on any atom is -0.493 e. The number of rotatable bonds is 8. The van der Waals surface area contributed by atoms with Crippen molar-refractivity contribution in [2.45, 2.75) is 18.4 Å². The van der Waals surface area contributed by atoms with Crippen molar-refractivity contribution in [3.63, 3.8) is 0 Å². The van der Waals surface area contributed by atoms with Gasteiger partial charge in [-0.15, -0.1) is 0 Å². The molecule has 0 atom stereocenters. The van der Waals surface area contributed by atoms with Gasteiger partial charge in [0.1, 0.15) is 6.61 Å². The first-order valence-electron chi connectivity index (χ1n) is 9.05. The highest BCUT2D eigenvalue weighted by Gasteiger charge is 2.13. The van der Waals surface area contributed by atoms with Crippen LogP contribution in [0.1, 0.15) is 16.7 Å². The molecule has 3 rings (SSSR count). The van der Waals surface area contributed by atoms with E-state index in [0.29, 0.717) is 28.1 Å². The van der Waals surface area contributed by atoms with Crippen molar-refractivity contribution in [1.82, 2.24) is 4.83 Å². The summed E-state index contributed by atoms with van der Waals surface area (Å²) >= 11 is 3.49. The summed E-state index contributed by atoms with van der Waals surface area (Å²) in [4.78, 5) is 2.34. The maximum absolute atomic E-state index is 12.2. The second kappa shape index (κ2) is 9.77. The Labute approximate surface area is 184 Å². The van der Waals surface area contributed by atoms with Crippen molar-refractivity contribution in [3.8, 4) is 11.5 Å². The molecule has 3 aromatic carbocycles. The third-order valence-corrected chi connectivity index (χ3v) is 6.15. The number of methoxy groups -OCH3 is 1. The molecule has 0 spiro atoms. The largest absolute Gasteiger partial charge is 0.493 e. The van der Waals surface area contributed by atoms with E-state index in [9.17, 15) is 8.42 Å². The lowest BCUT2D eigenvalue weighted by Crippen LogP contribution is -2.18. The van der Waals surface area contributed by atoms with E-state index in [-0.39, 0.29) is 4.90 Å². The quantitative estimate of drug-likeness (QED) is 0.369. The minimum atomic E-state index is -3.72. The fourth-order valence-corrected chi connectivity index (χ4v) is 4.09. The first kappa shape index (κ1) is 21.9. The SMILES string of the molecule is COc1cc(C=NNS(=O)(=O)c2ccccc2)cc(Br)c1OCc1ccccc1C. The van der Waals surface area contributed by atoms with Crippen LogP contribution >= 0.6 is 15.9 Å². The van der Waals surface area contributed by atoms with Crippen LogP contribution in [0.25, 0.3) is 0 Å². The van der Waals surface area contributed by atoms with Gasteiger partial charge in [0.25, 0.3) is 10.0 Å². The maximum atomic E-state index is 12.2. The van der Waals surface area contributed by atoms with Crippen molar-refractivity contribution >= 4 is 32.2 Å². The Morgan fingerprint density at radius 1 is 1.07 bits per heavy atom. The monoisotopic (exact) mass is 488 g/mol. The molecule has 0 aliphatic carbocycles. The highest BCUT2D eigenvalue weighted by molar-refractivity contribution is 9.10. The second-order valence-electron chi connectivity index (χ2n) is 6.42. The van der Waals surface area contributed by atoms with Crippen LogP contribution in [0.4, 0.5) is 0 Å². The number of hydrazone groups is 1. The van der Waals surface area contributed by atoms with Crippen LogP contribution < -0.4 is 14.3 Å². The molecule has 0 fully saturated rings. The Bertz CT molecular complexity index is 1150. The van der Waals surface area contributed by atoms with E-state index in [1.54, 1.807) is 37.4 Å². The van der Waals surface area contributed by atoms with Crippen molar-refractivity contribution in [1.29, 1.82) is 0 Å². The van der Waals surface area contributed by atoms with Gasteiger partial charge >= 0.3 is 0 Å². The lowest BCUT2D eigenvalue weighted by molar-refractivity contribution is 0.282. The van der Waals surface area contributed by atoms with E-state index in [1.165, 1.54) is 18.3 Å². The smallest absolute Gasteiger partial charge is 0.276 e. The molecule has 6 nitrogen and oxygen atoms in total. The van der Waals surface area contributed by atoms with Crippen LogP contribution in [-0.4, -0.2) is 21.7 Å². The van der Waals surface area contributed by atoms with Crippen LogP contribution in [0.2, 0.25) is 0 Å². The van der Waals surface area contributed by atoms with Crippen LogP contribution in [-0.2, 0) is 16.6 Å². The summed E-state index contributed by atoms with van der Waals surface area (Å²) in [6.45, 7) is 2.42.